The number of tetrazole rings is 1. The number of aliphatic hydroxyl groups excluding tert-OH is 1. The number of nitrogens with zero attached hydrogens (tertiary/aromatic N) is 7. The Hall–Kier alpha value is -2.91. The number of amides is 1. The standard InChI is InChI=1S/C25H33N7O2/c1-17-5-7-21(18(17)2)31-12-4-9-25(24(31)34)10-13-30(14-11-25)15-22(33)20-6-8-23(27-19(20)3)32-16-26-28-29-32/h6,8,16,22,33H,1,4-5,7,9-15H2,2-3H3. The quantitative estimate of drug-likeness (QED) is 0.728. The Morgan fingerprint density at radius 1 is 1.15 bits per heavy atom. The van der Waals surface area contributed by atoms with Crippen molar-refractivity contribution in [3.8, 4) is 5.82 Å². The molecule has 2 aliphatic heterocycles. The number of rotatable bonds is 5. The molecule has 1 atom stereocenters. The maximum atomic E-state index is 13.6. The van der Waals surface area contributed by atoms with Gasteiger partial charge in [0.15, 0.2) is 5.82 Å². The van der Waals surface area contributed by atoms with Crippen molar-refractivity contribution in [3.63, 3.8) is 0 Å². The Morgan fingerprint density at radius 2 is 1.94 bits per heavy atom. The molecule has 1 amide bonds. The van der Waals surface area contributed by atoms with Gasteiger partial charge in [-0.3, -0.25) is 4.79 Å². The molecule has 0 radical (unpaired) electrons. The number of likely N-dealkylation sites (tertiary alicyclic amines) is 2. The number of aliphatic hydroxyl groups is 1. The first-order valence-corrected chi connectivity index (χ1v) is 12.2. The topological polar surface area (TPSA) is 100 Å². The van der Waals surface area contributed by atoms with Gasteiger partial charge in [0.25, 0.3) is 0 Å². The maximum Gasteiger partial charge on any atom is 0.233 e. The number of carbonyl (C=O) groups is 1. The van der Waals surface area contributed by atoms with E-state index in [2.05, 4.69) is 43.8 Å². The molecule has 5 rings (SSSR count). The van der Waals surface area contributed by atoms with Gasteiger partial charge in [-0.2, -0.15) is 4.68 Å². The second-order valence-electron chi connectivity index (χ2n) is 9.93. The molecular weight excluding hydrogens is 430 g/mol. The first kappa shape index (κ1) is 22.9. The van der Waals surface area contributed by atoms with Crippen molar-refractivity contribution in [2.24, 2.45) is 5.41 Å². The third-order valence-corrected chi connectivity index (χ3v) is 7.99. The SMILES string of the molecule is C=C1CCC(N2CCCC3(CCN(CC(O)c4ccc(-n5cnnn5)nc4C)CC3)C2=O)=C1C. The van der Waals surface area contributed by atoms with Crippen molar-refractivity contribution in [2.45, 2.75) is 58.5 Å². The summed E-state index contributed by atoms with van der Waals surface area (Å²) in [6.45, 7) is 11.1. The highest BCUT2D eigenvalue weighted by Gasteiger charge is 2.47. The van der Waals surface area contributed by atoms with Crippen LogP contribution in [-0.4, -0.2) is 72.2 Å². The summed E-state index contributed by atoms with van der Waals surface area (Å²) >= 11 is 0. The number of hydrogen-bond acceptors (Lipinski definition) is 7. The van der Waals surface area contributed by atoms with Crippen molar-refractivity contribution in [1.82, 2.24) is 35.0 Å². The fourth-order valence-electron chi connectivity index (χ4n) is 5.79. The van der Waals surface area contributed by atoms with Crippen LogP contribution in [0.2, 0.25) is 0 Å². The van der Waals surface area contributed by atoms with Crippen LogP contribution in [0.15, 0.2) is 41.9 Å². The zero-order valence-corrected chi connectivity index (χ0v) is 20.1. The second-order valence-corrected chi connectivity index (χ2v) is 9.93. The lowest BCUT2D eigenvalue weighted by molar-refractivity contribution is -0.147. The minimum absolute atomic E-state index is 0.262. The fraction of sp³-hybridized carbons (Fsp3) is 0.560. The number of allylic oxidation sites excluding steroid dienone is 3. The summed E-state index contributed by atoms with van der Waals surface area (Å²) in [5.74, 6) is 0.927. The van der Waals surface area contributed by atoms with Crippen LogP contribution in [0.1, 0.15) is 62.8 Å². The minimum atomic E-state index is -0.639. The monoisotopic (exact) mass is 463 g/mol. The molecule has 3 aliphatic rings. The van der Waals surface area contributed by atoms with Crippen LogP contribution in [0.3, 0.4) is 0 Å². The summed E-state index contributed by atoms with van der Waals surface area (Å²) in [6.07, 6.45) is 6.47. The molecule has 9 nitrogen and oxygen atoms in total. The van der Waals surface area contributed by atoms with E-state index in [4.69, 9.17) is 0 Å². The Labute approximate surface area is 200 Å². The number of aryl methyl sites for hydroxylation is 1. The predicted octanol–water partition coefficient (Wildman–Crippen LogP) is 2.73. The molecule has 0 saturated carbocycles. The van der Waals surface area contributed by atoms with Crippen LogP contribution in [-0.2, 0) is 4.79 Å². The minimum Gasteiger partial charge on any atom is -0.387 e. The van der Waals surface area contributed by atoms with Crippen LogP contribution in [0.5, 0.6) is 0 Å². The molecule has 2 aromatic heterocycles. The third-order valence-electron chi connectivity index (χ3n) is 7.99. The van der Waals surface area contributed by atoms with Crippen LogP contribution in [0.25, 0.3) is 5.82 Å². The van der Waals surface area contributed by atoms with Gasteiger partial charge in [-0.1, -0.05) is 18.2 Å². The number of hydrogen-bond donors (Lipinski definition) is 1. The van der Waals surface area contributed by atoms with Crippen LogP contribution in [0.4, 0.5) is 0 Å². The van der Waals surface area contributed by atoms with Crippen molar-refractivity contribution >= 4 is 5.91 Å². The van der Waals surface area contributed by atoms with Crippen molar-refractivity contribution in [3.05, 3.63) is 53.1 Å². The van der Waals surface area contributed by atoms with Gasteiger partial charge in [0.2, 0.25) is 5.91 Å². The van der Waals surface area contributed by atoms with E-state index < -0.39 is 6.10 Å². The number of pyridine rings is 1. The van der Waals surface area contributed by atoms with E-state index in [9.17, 15) is 9.90 Å². The summed E-state index contributed by atoms with van der Waals surface area (Å²) < 4.78 is 1.50. The van der Waals surface area contributed by atoms with E-state index in [0.29, 0.717) is 18.3 Å². The Balaban J connectivity index is 1.22. The summed E-state index contributed by atoms with van der Waals surface area (Å²) in [7, 11) is 0. The van der Waals surface area contributed by atoms with Crippen LogP contribution >= 0.6 is 0 Å². The Morgan fingerprint density at radius 3 is 2.59 bits per heavy atom. The van der Waals surface area contributed by atoms with Crippen LogP contribution in [0, 0.1) is 12.3 Å². The highest BCUT2D eigenvalue weighted by Crippen LogP contribution is 2.44. The van der Waals surface area contributed by atoms with Crippen molar-refractivity contribution < 1.29 is 9.90 Å². The average molecular weight is 464 g/mol. The zero-order chi connectivity index (χ0) is 23.9. The number of aromatic nitrogens is 5. The Kier molecular flexibility index (Phi) is 6.07. The Bertz CT molecular complexity index is 1120. The largest absolute Gasteiger partial charge is 0.387 e. The van der Waals surface area contributed by atoms with E-state index in [1.807, 2.05) is 19.1 Å². The molecule has 180 valence electrons. The molecule has 0 bridgehead atoms. The average Bonchev–Trinajstić information content (AvgIpc) is 3.48. The number of carbonyl (C=O) groups excluding carboxylic acids is 1. The lowest BCUT2D eigenvalue weighted by Crippen LogP contribution is -2.53. The van der Waals surface area contributed by atoms with Gasteiger partial charge in [0.05, 0.1) is 11.5 Å². The molecule has 1 aliphatic carbocycles. The van der Waals surface area contributed by atoms with Gasteiger partial charge >= 0.3 is 0 Å². The number of piperidine rings is 2. The molecule has 34 heavy (non-hydrogen) atoms. The molecule has 1 N–H and O–H groups in total. The normalized spacial score (nSPS) is 22.1. The van der Waals surface area contributed by atoms with Gasteiger partial charge in [-0.25, -0.2) is 4.98 Å². The first-order chi connectivity index (χ1) is 16.4. The zero-order valence-electron chi connectivity index (χ0n) is 20.1. The fourth-order valence-corrected chi connectivity index (χ4v) is 5.79. The molecular formula is C25H33N7O2. The van der Waals surface area contributed by atoms with Gasteiger partial charge < -0.3 is 14.9 Å². The van der Waals surface area contributed by atoms with Gasteiger partial charge in [-0.15, -0.1) is 5.10 Å². The summed E-state index contributed by atoms with van der Waals surface area (Å²) in [5, 5.41) is 22.1. The molecule has 0 aromatic carbocycles. The molecule has 2 saturated heterocycles. The lowest BCUT2D eigenvalue weighted by Gasteiger charge is -2.47. The van der Waals surface area contributed by atoms with Crippen molar-refractivity contribution in [2.75, 3.05) is 26.2 Å². The van der Waals surface area contributed by atoms with E-state index in [-0.39, 0.29) is 5.41 Å². The predicted molar refractivity (Wildman–Crippen MR) is 127 cm³/mol. The first-order valence-electron chi connectivity index (χ1n) is 12.2. The van der Waals surface area contributed by atoms with E-state index in [1.165, 1.54) is 27.9 Å². The molecule has 4 heterocycles. The highest BCUT2D eigenvalue weighted by atomic mass is 16.3. The molecule has 9 heteroatoms. The van der Waals surface area contributed by atoms with E-state index in [1.54, 1.807) is 0 Å². The highest BCUT2D eigenvalue weighted by molar-refractivity contribution is 5.85. The summed E-state index contributed by atoms with van der Waals surface area (Å²) in [6, 6.07) is 3.71. The molecule has 1 unspecified atom stereocenters. The number of β-amino-alcohol motifs (C(OH)–C–C–N with tert-alkyl or cyclic N) is 1. The van der Waals surface area contributed by atoms with Gasteiger partial charge in [-0.05, 0) is 87.5 Å². The van der Waals surface area contributed by atoms with Gasteiger partial charge in [0, 0.05) is 30.0 Å². The van der Waals surface area contributed by atoms with Gasteiger partial charge in [0.1, 0.15) is 6.33 Å². The smallest absolute Gasteiger partial charge is 0.233 e. The molecule has 2 aromatic rings. The maximum absolute atomic E-state index is 13.6. The molecule has 1 spiro atoms. The molecule has 2 fully saturated rings. The third kappa shape index (κ3) is 4.07. The lowest BCUT2D eigenvalue weighted by atomic mass is 9.71. The summed E-state index contributed by atoms with van der Waals surface area (Å²) in [4.78, 5) is 22.5. The second kappa shape index (κ2) is 9.03. The van der Waals surface area contributed by atoms with Crippen molar-refractivity contribution in [1.29, 1.82) is 0 Å². The summed E-state index contributed by atoms with van der Waals surface area (Å²) in [5.41, 5.74) is 4.87. The van der Waals surface area contributed by atoms with E-state index in [0.717, 1.165) is 69.4 Å². The van der Waals surface area contributed by atoms with Crippen LogP contribution < -0.4 is 0 Å². The van der Waals surface area contributed by atoms with E-state index >= 15 is 0 Å².